The van der Waals surface area contributed by atoms with E-state index in [1.807, 2.05) is 17.4 Å². The lowest BCUT2D eigenvalue weighted by atomic mass is 10.1. The average molecular weight is 401 g/mol. The predicted octanol–water partition coefficient (Wildman–Crippen LogP) is 5.62. The molecule has 2 aromatic carbocycles. The van der Waals surface area contributed by atoms with Crippen LogP contribution in [-0.2, 0) is 13.6 Å². The van der Waals surface area contributed by atoms with Gasteiger partial charge < -0.3 is 9.47 Å². The van der Waals surface area contributed by atoms with E-state index in [-0.39, 0.29) is 0 Å². The van der Waals surface area contributed by atoms with Crippen LogP contribution < -0.4 is 9.47 Å². The molecule has 3 nitrogen and oxygen atoms in total. The third-order valence-corrected chi connectivity index (χ3v) is 6.32. The number of allylic oxidation sites excluding steroid dienone is 1. The normalized spacial score (nSPS) is 11.4. The van der Waals surface area contributed by atoms with Crippen LogP contribution in [0.15, 0.2) is 73.3 Å². The molecule has 146 valence electrons. The first-order chi connectivity index (χ1) is 14.1. The molecule has 0 bridgehead atoms. The van der Waals surface area contributed by atoms with Gasteiger partial charge in [-0.15, -0.1) is 0 Å². The maximum atomic E-state index is 3.92. The van der Waals surface area contributed by atoms with E-state index in [9.17, 15) is 0 Å². The van der Waals surface area contributed by atoms with Crippen LogP contribution in [0.2, 0.25) is 0 Å². The number of para-hydroxylation sites is 1. The first kappa shape index (κ1) is 19.2. The smallest absolute Gasteiger partial charge is 0.263 e. The number of fused-ring (bicyclic) bond motifs is 1. The third-order valence-electron chi connectivity index (χ3n) is 5.19. The van der Waals surface area contributed by atoms with Gasteiger partial charge in [0.2, 0.25) is 5.52 Å². The van der Waals surface area contributed by atoms with Crippen molar-refractivity contribution >= 4 is 39.4 Å². The summed E-state index contributed by atoms with van der Waals surface area (Å²) >= 11 is 1.81. The Labute approximate surface area is 176 Å². The highest BCUT2D eigenvalue weighted by Crippen LogP contribution is 2.26. The number of hydrogen-bond donors (Lipinski definition) is 0. The predicted molar refractivity (Wildman–Crippen MR) is 126 cm³/mol. The maximum Gasteiger partial charge on any atom is 0.263 e. The van der Waals surface area contributed by atoms with E-state index >= 15 is 0 Å². The third kappa shape index (κ3) is 3.76. The Morgan fingerprint density at radius 1 is 1.00 bits per heavy atom. The van der Waals surface area contributed by atoms with Crippen LogP contribution in [0.5, 0.6) is 0 Å². The van der Waals surface area contributed by atoms with E-state index in [4.69, 9.17) is 0 Å². The summed E-state index contributed by atoms with van der Waals surface area (Å²) in [7, 11) is 6.25. The lowest BCUT2D eigenvalue weighted by Gasteiger charge is -2.13. The molecule has 0 spiro atoms. The average Bonchev–Trinajstić information content (AvgIpc) is 3.27. The summed E-state index contributed by atoms with van der Waals surface area (Å²) in [4.78, 5) is 2.12. The molecular formula is C25H26N3S+. The molecule has 0 unspecified atom stereocenters. The number of nitrogens with zero attached hydrogens (tertiary/aromatic N) is 3. The Kier molecular flexibility index (Phi) is 5.36. The molecule has 0 aliphatic carbocycles. The van der Waals surface area contributed by atoms with Crippen LogP contribution in [0, 0.1) is 0 Å². The molecule has 0 aliphatic heterocycles. The molecule has 0 atom stereocenters. The summed E-state index contributed by atoms with van der Waals surface area (Å²) in [6, 6.07) is 21.6. The minimum Gasteiger partial charge on any atom is -0.378 e. The molecule has 29 heavy (non-hydrogen) atoms. The van der Waals surface area contributed by atoms with Crippen molar-refractivity contribution in [3.05, 3.63) is 84.0 Å². The molecular weight excluding hydrogens is 374 g/mol. The van der Waals surface area contributed by atoms with Crippen molar-refractivity contribution in [3.63, 3.8) is 0 Å². The van der Waals surface area contributed by atoms with E-state index < -0.39 is 0 Å². The van der Waals surface area contributed by atoms with Crippen molar-refractivity contribution in [2.24, 2.45) is 7.05 Å². The van der Waals surface area contributed by atoms with Gasteiger partial charge >= 0.3 is 0 Å². The number of aromatic nitrogens is 2. The molecule has 0 fully saturated rings. The van der Waals surface area contributed by atoms with Crippen LogP contribution in [0.1, 0.15) is 10.7 Å². The Balaban J connectivity index is 1.66. The highest BCUT2D eigenvalue weighted by molar-refractivity contribution is 7.18. The van der Waals surface area contributed by atoms with Gasteiger partial charge in [0.25, 0.3) is 5.01 Å². The van der Waals surface area contributed by atoms with Gasteiger partial charge in [0.15, 0.2) is 6.54 Å². The van der Waals surface area contributed by atoms with E-state index in [0.29, 0.717) is 0 Å². The van der Waals surface area contributed by atoms with Gasteiger partial charge in [-0.3, -0.25) is 0 Å². The zero-order valence-corrected chi connectivity index (χ0v) is 18.0. The summed E-state index contributed by atoms with van der Waals surface area (Å²) < 4.78 is 5.85. The number of hydrogen-bond acceptors (Lipinski definition) is 2. The molecule has 4 aromatic rings. The largest absolute Gasteiger partial charge is 0.378 e. The van der Waals surface area contributed by atoms with Gasteiger partial charge in [-0.05, 0) is 48.0 Å². The van der Waals surface area contributed by atoms with Gasteiger partial charge in [-0.1, -0.05) is 42.2 Å². The topological polar surface area (TPSA) is 12.1 Å². The molecule has 0 radical (unpaired) electrons. The maximum absolute atomic E-state index is 3.92. The molecule has 0 saturated heterocycles. The minimum atomic E-state index is 0.806. The van der Waals surface area contributed by atoms with E-state index in [0.717, 1.165) is 6.54 Å². The van der Waals surface area contributed by atoms with E-state index in [1.54, 1.807) is 0 Å². The van der Waals surface area contributed by atoms with Crippen molar-refractivity contribution in [1.29, 1.82) is 0 Å². The van der Waals surface area contributed by atoms with Gasteiger partial charge in [-0.2, -0.15) is 4.57 Å². The van der Waals surface area contributed by atoms with Crippen molar-refractivity contribution in [3.8, 4) is 11.3 Å². The number of rotatable bonds is 6. The first-order valence-electron chi connectivity index (χ1n) is 9.72. The quantitative estimate of drug-likeness (QED) is 0.302. The molecule has 0 N–H and O–H groups in total. The molecule has 0 saturated carbocycles. The second kappa shape index (κ2) is 8.10. The van der Waals surface area contributed by atoms with E-state index in [2.05, 4.69) is 115 Å². The first-order valence-corrected chi connectivity index (χ1v) is 10.5. The summed E-state index contributed by atoms with van der Waals surface area (Å²) in [6.07, 6.45) is 6.36. The Hall–Kier alpha value is -3.11. The van der Waals surface area contributed by atoms with Crippen LogP contribution in [0.3, 0.4) is 0 Å². The van der Waals surface area contributed by atoms with Crippen molar-refractivity contribution in [2.45, 2.75) is 6.54 Å². The zero-order chi connectivity index (χ0) is 20.4. The summed E-state index contributed by atoms with van der Waals surface area (Å²) in [5.41, 5.74) is 6.08. The monoisotopic (exact) mass is 400 g/mol. The Bertz CT molecular complexity index is 1180. The van der Waals surface area contributed by atoms with Crippen molar-refractivity contribution in [1.82, 2.24) is 4.57 Å². The number of thiazole rings is 1. The highest BCUT2D eigenvalue weighted by Gasteiger charge is 2.16. The fraction of sp³-hybridized carbons (Fsp3) is 0.160. The second-order valence-electron chi connectivity index (χ2n) is 7.28. The molecule has 0 aliphatic rings. The van der Waals surface area contributed by atoms with Crippen LogP contribution in [-0.4, -0.2) is 18.7 Å². The molecule has 4 heteroatoms. The lowest BCUT2D eigenvalue weighted by Crippen LogP contribution is -2.33. The second-order valence-corrected chi connectivity index (χ2v) is 8.35. The minimum absolute atomic E-state index is 0.806. The van der Waals surface area contributed by atoms with Crippen LogP contribution in [0.4, 0.5) is 5.69 Å². The fourth-order valence-corrected chi connectivity index (χ4v) is 4.64. The number of benzene rings is 2. The summed E-state index contributed by atoms with van der Waals surface area (Å²) in [5, 5.41) is 1.23. The Morgan fingerprint density at radius 2 is 1.76 bits per heavy atom. The fourth-order valence-electron chi connectivity index (χ4n) is 3.57. The van der Waals surface area contributed by atoms with Gasteiger partial charge in [0, 0.05) is 50.4 Å². The summed E-state index contributed by atoms with van der Waals surface area (Å²) in [6.45, 7) is 4.73. The van der Waals surface area contributed by atoms with Crippen LogP contribution >= 0.6 is 11.3 Å². The van der Waals surface area contributed by atoms with Gasteiger partial charge in [-0.25, -0.2) is 0 Å². The van der Waals surface area contributed by atoms with Gasteiger partial charge in [0.1, 0.15) is 4.70 Å². The molecule has 2 heterocycles. The molecule has 0 amide bonds. The summed E-state index contributed by atoms with van der Waals surface area (Å²) in [5.74, 6) is 0. The molecule has 2 aromatic heterocycles. The van der Waals surface area contributed by atoms with Crippen molar-refractivity contribution < 1.29 is 4.57 Å². The van der Waals surface area contributed by atoms with Crippen molar-refractivity contribution in [2.75, 3.05) is 19.0 Å². The Morgan fingerprint density at radius 3 is 2.48 bits per heavy atom. The van der Waals surface area contributed by atoms with Crippen LogP contribution in [0.25, 0.3) is 33.6 Å². The number of anilines is 1. The van der Waals surface area contributed by atoms with Gasteiger partial charge in [0.05, 0.1) is 0 Å². The van der Waals surface area contributed by atoms with E-state index in [1.165, 1.54) is 37.9 Å². The lowest BCUT2D eigenvalue weighted by molar-refractivity contribution is -0.658. The zero-order valence-electron chi connectivity index (χ0n) is 17.2. The SMILES string of the molecule is C=CC[n+]1c(/C=C/c2ccc(-c3ccc(N(C)C)cc3)n2C)sc2ccccc21. The molecule has 4 rings (SSSR count). The highest BCUT2D eigenvalue weighted by atomic mass is 32.1. The standard InChI is InChI=1S/C25H26N3S/c1-5-18-28-23-8-6-7-9-24(23)29-25(28)17-15-21-14-16-22(27(21)4)19-10-12-20(13-11-19)26(2)3/h5-17H,1,18H2,2-4H3/q+1.